The average Bonchev–Trinajstić information content (AvgIpc) is 3.27. The third-order valence-electron chi connectivity index (χ3n) is 3.88. The minimum absolute atomic E-state index is 0.332. The lowest BCUT2D eigenvalue weighted by Gasteiger charge is -2.12. The number of thioether (sulfide) groups is 1. The van der Waals surface area contributed by atoms with Gasteiger partial charge in [-0.25, -0.2) is 4.68 Å². The van der Waals surface area contributed by atoms with E-state index < -0.39 is 0 Å². The second kappa shape index (κ2) is 5.15. The fourth-order valence-electron chi connectivity index (χ4n) is 2.50. The summed E-state index contributed by atoms with van der Waals surface area (Å²) in [6.07, 6.45) is 2.39. The maximum Gasteiger partial charge on any atom is 0.210 e. The topological polar surface area (TPSA) is 43.6 Å². The van der Waals surface area contributed by atoms with Gasteiger partial charge in [0.2, 0.25) is 5.16 Å². The highest BCUT2D eigenvalue weighted by molar-refractivity contribution is 7.99. The van der Waals surface area contributed by atoms with Gasteiger partial charge in [-0.1, -0.05) is 54.2 Å². The number of benzene rings is 2. The Labute approximate surface area is 127 Å². The highest BCUT2D eigenvalue weighted by Gasteiger charge is 2.28. The number of tetrazole rings is 1. The molecule has 0 bridgehead atoms. The van der Waals surface area contributed by atoms with Crippen molar-refractivity contribution in [1.82, 2.24) is 20.2 Å². The summed E-state index contributed by atoms with van der Waals surface area (Å²) >= 11 is 1.73. The van der Waals surface area contributed by atoms with Crippen LogP contribution in [0.4, 0.5) is 0 Å². The van der Waals surface area contributed by atoms with Gasteiger partial charge in [-0.15, -0.1) is 5.10 Å². The van der Waals surface area contributed by atoms with Crippen LogP contribution in [0.5, 0.6) is 0 Å². The molecule has 0 spiro atoms. The third kappa shape index (κ3) is 2.53. The molecular weight excluding hydrogens is 280 g/mol. The molecule has 0 amide bonds. The Hall–Kier alpha value is -1.88. The van der Waals surface area contributed by atoms with Gasteiger partial charge in [0.05, 0.1) is 6.04 Å². The Kier molecular flexibility index (Phi) is 3.15. The van der Waals surface area contributed by atoms with Crippen molar-refractivity contribution >= 4 is 22.5 Å². The first-order valence-corrected chi connectivity index (χ1v) is 8.12. The average molecular weight is 296 g/mol. The van der Waals surface area contributed by atoms with E-state index in [1.54, 1.807) is 11.8 Å². The molecule has 1 heterocycles. The van der Waals surface area contributed by atoms with Crippen LogP contribution < -0.4 is 0 Å². The molecule has 1 saturated carbocycles. The maximum atomic E-state index is 4.17. The Morgan fingerprint density at radius 1 is 1.14 bits per heavy atom. The number of hydrogen-bond donors (Lipinski definition) is 0. The van der Waals surface area contributed by atoms with Crippen LogP contribution in [0.1, 0.15) is 36.6 Å². The lowest BCUT2D eigenvalue weighted by molar-refractivity contribution is 0.565. The molecule has 1 aromatic heterocycles. The summed E-state index contributed by atoms with van der Waals surface area (Å²) in [6, 6.07) is 15.6. The molecule has 0 radical (unpaired) electrons. The van der Waals surface area contributed by atoms with Crippen molar-refractivity contribution in [2.75, 3.05) is 0 Å². The van der Waals surface area contributed by atoms with Gasteiger partial charge in [0.15, 0.2) is 0 Å². The molecule has 1 fully saturated rings. The Morgan fingerprint density at radius 3 is 2.76 bits per heavy atom. The molecule has 1 atom stereocenters. The van der Waals surface area contributed by atoms with Crippen molar-refractivity contribution in [3.8, 4) is 0 Å². The van der Waals surface area contributed by atoms with E-state index in [1.165, 1.54) is 29.2 Å². The molecule has 106 valence electrons. The van der Waals surface area contributed by atoms with Gasteiger partial charge in [0, 0.05) is 5.25 Å². The van der Waals surface area contributed by atoms with Crippen LogP contribution in [0.3, 0.4) is 0 Å². The lowest BCUT2D eigenvalue weighted by Crippen LogP contribution is -2.00. The van der Waals surface area contributed by atoms with Crippen LogP contribution in [0.2, 0.25) is 0 Å². The Balaban J connectivity index is 1.60. The molecule has 2 aromatic carbocycles. The van der Waals surface area contributed by atoms with Gasteiger partial charge in [-0.05, 0) is 46.5 Å². The SMILES string of the molecule is CC(Sc1nnnn1C1CC1)c1ccc2ccccc2c1. The first kappa shape index (κ1) is 12.8. The fourth-order valence-corrected chi connectivity index (χ4v) is 3.47. The highest BCUT2D eigenvalue weighted by Crippen LogP contribution is 2.40. The largest absolute Gasteiger partial charge is 0.217 e. The first-order valence-electron chi connectivity index (χ1n) is 7.24. The summed E-state index contributed by atoms with van der Waals surface area (Å²) in [6.45, 7) is 2.21. The quantitative estimate of drug-likeness (QED) is 0.682. The van der Waals surface area contributed by atoms with Crippen LogP contribution in [-0.2, 0) is 0 Å². The first-order chi connectivity index (χ1) is 10.3. The molecule has 1 aliphatic carbocycles. The maximum absolute atomic E-state index is 4.17. The Bertz CT molecular complexity index is 779. The molecule has 4 nitrogen and oxygen atoms in total. The minimum atomic E-state index is 0.332. The van der Waals surface area contributed by atoms with Crippen molar-refractivity contribution in [3.05, 3.63) is 48.0 Å². The molecule has 0 saturated heterocycles. The predicted octanol–water partition coefficient (Wildman–Crippen LogP) is 4.01. The van der Waals surface area contributed by atoms with E-state index in [9.17, 15) is 0 Å². The molecule has 0 N–H and O–H groups in total. The molecule has 0 aliphatic heterocycles. The van der Waals surface area contributed by atoms with Gasteiger partial charge >= 0.3 is 0 Å². The zero-order valence-corrected chi connectivity index (χ0v) is 12.6. The van der Waals surface area contributed by atoms with Crippen molar-refractivity contribution in [2.24, 2.45) is 0 Å². The minimum Gasteiger partial charge on any atom is -0.217 e. The van der Waals surface area contributed by atoms with E-state index in [-0.39, 0.29) is 0 Å². The van der Waals surface area contributed by atoms with Crippen molar-refractivity contribution < 1.29 is 0 Å². The Morgan fingerprint density at radius 2 is 1.95 bits per heavy atom. The van der Waals surface area contributed by atoms with Crippen LogP contribution in [0, 0.1) is 0 Å². The van der Waals surface area contributed by atoms with Gasteiger partial charge in [0.1, 0.15) is 0 Å². The van der Waals surface area contributed by atoms with E-state index in [2.05, 4.69) is 64.9 Å². The van der Waals surface area contributed by atoms with Gasteiger partial charge in [-0.3, -0.25) is 0 Å². The molecule has 1 unspecified atom stereocenters. The summed E-state index contributed by atoms with van der Waals surface area (Å²) < 4.78 is 1.97. The second-order valence-corrected chi connectivity index (χ2v) is 6.81. The fraction of sp³-hybridized carbons (Fsp3) is 0.312. The summed E-state index contributed by atoms with van der Waals surface area (Å²) in [5.41, 5.74) is 1.31. The summed E-state index contributed by atoms with van der Waals surface area (Å²) in [4.78, 5) is 0. The molecule has 3 aromatic rings. The van der Waals surface area contributed by atoms with E-state index in [0.29, 0.717) is 11.3 Å². The number of aromatic nitrogens is 4. The standard InChI is InChI=1S/C16H16N4S/c1-11(21-16-17-18-19-20(16)15-8-9-15)13-7-6-12-4-2-3-5-14(12)10-13/h2-7,10-11,15H,8-9H2,1H3. The van der Waals surface area contributed by atoms with Crippen LogP contribution in [0.15, 0.2) is 47.6 Å². The number of nitrogens with zero attached hydrogens (tertiary/aromatic N) is 4. The highest BCUT2D eigenvalue weighted by atomic mass is 32.2. The molecule has 5 heteroatoms. The van der Waals surface area contributed by atoms with Crippen LogP contribution in [-0.4, -0.2) is 20.2 Å². The van der Waals surface area contributed by atoms with Crippen molar-refractivity contribution in [1.29, 1.82) is 0 Å². The second-order valence-electron chi connectivity index (χ2n) is 5.50. The van der Waals surface area contributed by atoms with Crippen LogP contribution >= 0.6 is 11.8 Å². The normalized spacial score (nSPS) is 16.2. The third-order valence-corrected chi connectivity index (χ3v) is 4.99. The molecule has 4 rings (SSSR count). The van der Waals surface area contributed by atoms with Gasteiger partial charge in [0.25, 0.3) is 0 Å². The van der Waals surface area contributed by atoms with Crippen molar-refractivity contribution in [2.45, 2.75) is 36.2 Å². The van der Waals surface area contributed by atoms with E-state index in [4.69, 9.17) is 0 Å². The van der Waals surface area contributed by atoms with E-state index in [0.717, 1.165) is 5.16 Å². The van der Waals surface area contributed by atoms with E-state index >= 15 is 0 Å². The lowest BCUT2D eigenvalue weighted by atomic mass is 10.1. The molecule has 21 heavy (non-hydrogen) atoms. The zero-order valence-electron chi connectivity index (χ0n) is 11.8. The van der Waals surface area contributed by atoms with Crippen molar-refractivity contribution in [3.63, 3.8) is 0 Å². The summed E-state index contributed by atoms with van der Waals surface area (Å²) in [5, 5.41) is 15.9. The number of fused-ring (bicyclic) bond motifs is 1. The smallest absolute Gasteiger partial charge is 0.210 e. The number of hydrogen-bond acceptors (Lipinski definition) is 4. The monoisotopic (exact) mass is 296 g/mol. The van der Waals surface area contributed by atoms with Gasteiger partial charge in [-0.2, -0.15) is 0 Å². The van der Waals surface area contributed by atoms with Gasteiger partial charge < -0.3 is 0 Å². The molecule has 1 aliphatic rings. The summed E-state index contributed by atoms with van der Waals surface area (Å²) in [7, 11) is 0. The van der Waals surface area contributed by atoms with E-state index in [1.807, 2.05) is 4.68 Å². The molecular formula is C16H16N4S. The zero-order chi connectivity index (χ0) is 14.2. The predicted molar refractivity (Wildman–Crippen MR) is 84.3 cm³/mol. The number of rotatable bonds is 4. The van der Waals surface area contributed by atoms with Crippen LogP contribution in [0.25, 0.3) is 10.8 Å². The summed E-state index contributed by atoms with van der Waals surface area (Å²) in [5.74, 6) is 0.